The van der Waals surface area contributed by atoms with Crippen molar-refractivity contribution >= 4 is 10.0 Å². The summed E-state index contributed by atoms with van der Waals surface area (Å²) in [5.41, 5.74) is -0.168. The Hall–Kier alpha value is -2.14. The summed E-state index contributed by atoms with van der Waals surface area (Å²) in [6, 6.07) is 5.14. The minimum absolute atomic E-state index is 0.0178. The summed E-state index contributed by atoms with van der Waals surface area (Å²) in [6.45, 7) is 5.54. The molecule has 1 fully saturated rings. The van der Waals surface area contributed by atoms with Gasteiger partial charge in [-0.2, -0.15) is 23.4 Å². The topological polar surface area (TPSA) is 63.2 Å². The van der Waals surface area contributed by atoms with Crippen LogP contribution in [0.3, 0.4) is 0 Å². The highest BCUT2D eigenvalue weighted by Gasteiger charge is 2.64. The quantitative estimate of drug-likeness (QED) is 0.489. The molecule has 1 saturated carbocycles. The maximum absolute atomic E-state index is 14.3. The Balaban J connectivity index is 1.74. The van der Waals surface area contributed by atoms with Crippen molar-refractivity contribution in [3.63, 3.8) is 0 Å². The number of aromatic nitrogens is 2. The zero-order valence-electron chi connectivity index (χ0n) is 19.1. The van der Waals surface area contributed by atoms with E-state index >= 15 is 0 Å². The third-order valence-corrected chi connectivity index (χ3v) is 9.57. The lowest BCUT2D eigenvalue weighted by Gasteiger charge is -2.41. The van der Waals surface area contributed by atoms with Gasteiger partial charge in [0.05, 0.1) is 29.1 Å². The Morgan fingerprint density at radius 1 is 1.15 bits per heavy atom. The van der Waals surface area contributed by atoms with Gasteiger partial charge in [-0.25, -0.2) is 21.5 Å². The van der Waals surface area contributed by atoms with Crippen molar-refractivity contribution in [2.75, 3.05) is 18.8 Å². The van der Waals surface area contributed by atoms with E-state index in [1.807, 2.05) is 13.8 Å². The van der Waals surface area contributed by atoms with E-state index in [4.69, 9.17) is 0 Å². The molecular formula is C23H26F5N3O2S. The lowest BCUT2D eigenvalue weighted by atomic mass is 9.68. The predicted octanol–water partition coefficient (Wildman–Crippen LogP) is 5.18. The fourth-order valence-corrected chi connectivity index (χ4v) is 7.28. The van der Waals surface area contributed by atoms with Gasteiger partial charge in [-0.15, -0.1) is 0 Å². The second kappa shape index (κ2) is 8.22. The maximum Gasteiger partial charge on any atom is 0.390 e. The molecule has 4 rings (SSSR count). The van der Waals surface area contributed by atoms with Crippen LogP contribution in [0, 0.1) is 17.0 Å². The molecule has 1 aromatic heterocycles. The third kappa shape index (κ3) is 3.90. The Morgan fingerprint density at radius 3 is 2.38 bits per heavy atom. The van der Waals surface area contributed by atoms with Gasteiger partial charge in [0.1, 0.15) is 11.6 Å². The molecule has 5 nitrogen and oxygen atoms in total. The van der Waals surface area contributed by atoms with E-state index in [0.717, 1.165) is 22.0 Å². The number of fused-ring (bicyclic) bond motifs is 5. The second-order valence-corrected chi connectivity index (χ2v) is 11.7. The summed E-state index contributed by atoms with van der Waals surface area (Å²) in [5.74, 6) is -2.60. The van der Waals surface area contributed by atoms with Crippen LogP contribution in [0.15, 0.2) is 24.3 Å². The van der Waals surface area contributed by atoms with Crippen molar-refractivity contribution in [1.29, 1.82) is 0 Å². The van der Waals surface area contributed by atoms with Crippen LogP contribution in [0.1, 0.15) is 57.2 Å². The molecule has 2 aliphatic carbocycles. The Kier molecular flexibility index (Phi) is 6.04. The Morgan fingerprint density at radius 2 is 1.79 bits per heavy atom. The number of benzene rings is 1. The van der Waals surface area contributed by atoms with Crippen LogP contribution in [-0.4, -0.2) is 47.9 Å². The van der Waals surface area contributed by atoms with E-state index in [-0.39, 0.29) is 30.3 Å². The first-order chi connectivity index (χ1) is 15.7. The van der Waals surface area contributed by atoms with E-state index in [0.29, 0.717) is 18.5 Å². The van der Waals surface area contributed by atoms with Crippen molar-refractivity contribution in [1.82, 2.24) is 14.5 Å². The molecule has 34 heavy (non-hydrogen) atoms. The number of halogens is 5. The summed E-state index contributed by atoms with van der Waals surface area (Å²) >= 11 is 0. The van der Waals surface area contributed by atoms with Crippen LogP contribution in [0.5, 0.6) is 0 Å². The first-order valence-corrected chi connectivity index (χ1v) is 12.7. The average Bonchev–Trinajstić information content (AvgIpc) is 3.10. The Bertz CT molecular complexity index is 1200. The van der Waals surface area contributed by atoms with E-state index < -0.39 is 50.8 Å². The molecule has 0 radical (unpaired) electrons. The predicted molar refractivity (Wildman–Crippen MR) is 117 cm³/mol. The zero-order chi connectivity index (χ0) is 25.1. The van der Waals surface area contributed by atoms with Crippen molar-refractivity contribution in [2.45, 2.75) is 57.5 Å². The van der Waals surface area contributed by atoms with Gasteiger partial charge in [-0.3, -0.25) is 0 Å². The smallest absolute Gasteiger partial charge is 0.212 e. The molecule has 1 heterocycles. The van der Waals surface area contributed by atoms with Gasteiger partial charge in [0, 0.05) is 18.5 Å². The van der Waals surface area contributed by atoms with Crippen LogP contribution < -0.4 is 0 Å². The molecule has 2 bridgehead atoms. The monoisotopic (exact) mass is 503 g/mol. The van der Waals surface area contributed by atoms with Gasteiger partial charge in [-0.05, 0) is 47.9 Å². The summed E-state index contributed by atoms with van der Waals surface area (Å²) < 4.78 is 93.5. The zero-order valence-corrected chi connectivity index (χ0v) is 19.9. The van der Waals surface area contributed by atoms with Crippen LogP contribution in [0.2, 0.25) is 0 Å². The van der Waals surface area contributed by atoms with Crippen molar-refractivity contribution in [3.05, 3.63) is 47.2 Å². The molecule has 0 saturated heterocycles. The molecule has 0 N–H and O–H groups in total. The van der Waals surface area contributed by atoms with Crippen molar-refractivity contribution in [2.24, 2.45) is 5.41 Å². The van der Waals surface area contributed by atoms with Gasteiger partial charge in [-0.1, -0.05) is 26.8 Å². The molecule has 2 aromatic rings. The van der Waals surface area contributed by atoms with Crippen LogP contribution in [0.25, 0.3) is 11.3 Å². The number of hydrogen-bond donors (Lipinski definition) is 0. The number of nitrogens with zero attached hydrogens (tertiary/aromatic N) is 3. The minimum Gasteiger partial charge on any atom is -0.212 e. The number of rotatable bonds is 7. The normalized spacial score (nSPS) is 23.5. The SMILES string of the molecule is CCN(C[C@@]12CC[C@@H](c3cc(-c4c(F)cccc4F)nnc31)C2(C)C)S(=O)(=O)CCC(F)(F)F. The average molecular weight is 504 g/mol. The second-order valence-electron chi connectivity index (χ2n) is 9.63. The van der Waals surface area contributed by atoms with Crippen LogP contribution >= 0.6 is 0 Å². The van der Waals surface area contributed by atoms with Crippen LogP contribution in [-0.2, 0) is 15.4 Å². The van der Waals surface area contributed by atoms with E-state index in [9.17, 15) is 30.4 Å². The maximum atomic E-state index is 14.3. The van der Waals surface area contributed by atoms with E-state index in [1.165, 1.54) is 6.07 Å². The van der Waals surface area contributed by atoms with E-state index in [2.05, 4.69) is 10.2 Å². The van der Waals surface area contributed by atoms with Crippen molar-refractivity contribution in [3.8, 4) is 11.3 Å². The summed E-state index contributed by atoms with van der Waals surface area (Å²) in [6.07, 6.45) is -4.71. The first-order valence-electron chi connectivity index (χ1n) is 11.1. The highest BCUT2D eigenvalue weighted by atomic mass is 32.2. The molecular weight excluding hydrogens is 477 g/mol. The molecule has 2 atom stereocenters. The summed E-state index contributed by atoms with van der Waals surface area (Å²) in [5, 5.41) is 8.43. The van der Waals surface area contributed by atoms with Gasteiger partial charge >= 0.3 is 6.18 Å². The molecule has 1 aromatic carbocycles. The Labute approximate surface area is 195 Å². The molecule has 2 aliphatic rings. The molecule has 0 unspecified atom stereocenters. The largest absolute Gasteiger partial charge is 0.390 e. The fraction of sp³-hybridized carbons (Fsp3) is 0.565. The van der Waals surface area contributed by atoms with Crippen molar-refractivity contribution < 1.29 is 30.4 Å². The van der Waals surface area contributed by atoms with Gasteiger partial charge < -0.3 is 0 Å². The lowest BCUT2D eigenvalue weighted by molar-refractivity contribution is -0.130. The molecule has 0 amide bonds. The molecule has 0 spiro atoms. The number of likely N-dealkylation sites (N-methyl/N-ethyl adjacent to an activating group) is 1. The van der Waals surface area contributed by atoms with Gasteiger partial charge in [0.15, 0.2) is 0 Å². The highest BCUT2D eigenvalue weighted by Crippen LogP contribution is 2.67. The number of alkyl halides is 3. The molecule has 186 valence electrons. The fourth-order valence-electron chi connectivity index (χ4n) is 5.72. The summed E-state index contributed by atoms with van der Waals surface area (Å²) in [4.78, 5) is 0. The minimum atomic E-state index is -4.58. The standard InChI is InChI=1S/C23H26F5N3O2S/c1-4-31(34(32,33)11-10-23(26,27)28)13-22-9-8-15(21(22,2)3)14-12-18(29-30-20(14)22)19-16(24)6-5-7-17(19)25/h5-7,12,15H,4,8-11,13H2,1-3H3/t15-,22-/m0/s1. The summed E-state index contributed by atoms with van der Waals surface area (Å²) in [7, 11) is -4.17. The highest BCUT2D eigenvalue weighted by molar-refractivity contribution is 7.89. The van der Waals surface area contributed by atoms with Gasteiger partial charge in [0.25, 0.3) is 0 Å². The molecule has 11 heteroatoms. The van der Waals surface area contributed by atoms with E-state index in [1.54, 1.807) is 13.0 Å². The lowest BCUT2D eigenvalue weighted by Crippen LogP contribution is -2.49. The number of hydrogen-bond acceptors (Lipinski definition) is 4. The number of sulfonamides is 1. The molecule has 0 aliphatic heterocycles. The first kappa shape index (κ1) is 25.0. The van der Waals surface area contributed by atoms with Crippen LogP contribution in [0.4, 0.5) is 22.0 Å². The van der Waals surface area contributed by atoms with Gasteiger partial charge in [0.2, 0.25) is 10.0 Å². The third-order valence-electron chi connectivity index (χ3n) is 7.67.